The van der Waals surface area contributed by atoms with Gasteiger partial charge in [-0.05, 0) is 31.4 Å². The number of carbonyl (C=O) groups excluding carboxylic acids is 1. The average Bonchev–Trinajstić information content (AvgIpc) is 2.79. The van der Waals surface area contributed by atoms with Crippen LogP contribution in [0.3, 0.4) is 0 Å². The van der Waals surface area contributed by atoms with Crippen LogP contribution in [0.4, 0.5) is 0 Å². The summed E-state index contributed by atoms with van der Waals surface area (Å²) >= 11 is 0. The molecule has 6 heteroatoms. The molecule has 0 fully saturated rings. The van der Waals surface area contributed by atoms with Crippen LogP contribution in [0.1, 0.15) is 38.9 Å². The Morgan fingerprint density at radius 3 is 2.67 bits per heavy atom. The lowest BCUT2D eigenvalue weighted by Crippen LogP contribution is -2.37. The standard InChI is InChI=1S/C18H25N3O3/c1-12(2)10-14(11-18(23)24)20-17(22)8-9-21-13(3)19-15-6-4-5-7-16(15)21/h4-7,12,14H,8-11H2,1-3H3,(H,20,22)(H,23,24)/t14-/m0/s1. The van der Waals surface area contributed by atoms with Crippen molar-refractivity contribution >= 4 is 22.9 Å². The van der Waals surface area contributed by atoms with Crippen LogP contribution < -0.4 is 5.32 Å². The van der Waals surface area contributed by atoms with Crippen molar-refractivity contribution in [1.82, 2.24) is 14.9 Å². The van der Waals surface area contributed by atoms with Gasteiger partial charge in [-0.2, -0.15) is 0 Å². The lowest BCUT2D eigenvalue weighted by Gasteiger charge is -2.19. The third-order valence-corrected chi connectivity index (χ3v) is 3.95. The molecule has 1 atom stereocenters. The van der Waals surface area contributed by atoms with E-state index in [4.69, 9.17) is 5.11 Å². The summed E-state index contributed by atoms with van der Waals surface area (Å²) in [6.07, 6.45) is 0.914. The summed E-state index contributed by atoms with van der Waals surface area (Å²) in [7, 11) is 0. The lowest BCUT2D eigenvalue weighted by atomic mass is 10.0. The van der Waals surface area contributed by atoms with Crippen LogP contribution >= 0.6 is 0 Å². The number of carboxylic acid groups (broad SMARTS) is 1. The van der Waals surface area contributed by atoms with Gasteiger partial charge >= 0.3 is 5.97 Å². The number of benzene rings is 1. The van der Waals surface area contributed by atoms with Crippen LogP contribution in [0.25, 0.3) is 11.0 Å². The molecule has 1 aromatic carbocycles. The largest absolute Gasteiger partial charge is 0.481 e. The third-order valence-electron chi connectivity index (χ3n) is 3.95. The highest BCUT2D eigenvalue weighted by atomic mass is 16.4. The SMILES string of the molecule is Cc1nc2ccccc2n1CCC(=O)N[C@H](CC(=O)O)CC(C)C. The molecule has 0 aliphatic rings. The number of nitrogens with one attached hydrogen (secondary N) is 1. The second-order valence-electron chi connectivity index (χ2n) is 6.54. The van der Waals surface area contributed by atoms with Crippen molar-refractivity contribution in [3.63, 3.8) is 0 Å². The Hall–Kier alpha value is -2.37. The van der Waals surface area contributed by atoms with E-state index in [1.54, 1.807) is 0 Å². The predicted molar refractivity (Wildman–Crippen MR) is 92.7 cm³/mol. The van der Waals surface area contributed by atoms with Gasteiger partial charge in [0.1, 0.15) is 5.82 Å². The fourth-order valence-electron chi connectivity index (χ4n) is 2.96. The Bertz CT molecular complexity index is 721. The van der Waals surface area contributed by atoms with Crippen molar-refractivity contribution in [2.75, 3.05) is 0 Å². The van der Waals surface area contributed by atoms with Crippen LogP contribution in [-0.4, -0.2) is 32.6 Å². The first kappa shape index (κ1) is 18.0. The van der Waals surface area contributed by atoms with E-state index in [2.05, 4.69) is 10.3 Å². The van der Waals surface area contributed by atoms with Crippen molar-refractivity contribution < 1.29 is 14.7 Å². The quantitative estimate of drug-likeness (QED) is 0.779. The molecule has 0 bridgehead atoms. The third kappa shape index (κ3) is 4.81. The second-order valence-corrected chi connectivity index (χ2v) is 6.54. The summed E-state index contributed by atoms with van der Waals surface area (Å²) in [5.41, 5.74) is 1.92. The van der Waals surface area contributed by atoms with Gasteiger partial charge in [-0.3, -0.25) is 9.59 Å². The van der Waals surface area contributed by atoms with E-state index in [0.29, 0.717) is 25.3 Å². The molecule has 2 rings (SSSR count). The van der Waals surface area contributed by atoms with E-state index >= 15 is 0 Å². The van der Waals surface area contributed by atoms with Crippen molar-refractivity contribution in [3.05, 3.63) is 30.1 Å². The summed E-state index contributed by atoms with van der Waals surface area (Å²) in [5.74, 6) is 0.180. The van der Waals surface area contributed by atoms with Gasteiger partial charge in [0.2, 0.25) is 5.91 Å². The number of carboxylic acids is 1. The Balaban J connectivity index is 1.98. The number of aliphatic carboxylic acids is 1. The molecule has 24 heavy (non-hydrogen) atoms. The minimum absolute atomic E-state index is 0.0447. The van der Waals surface area contributed by atoms with Gasteiger partial charge in [0.05, 0.1) is 17.5 Å². The van der Waals surface area contributed by atoms with Gasteiger partial charge in [0.15, 0.2) is 0 Å². The molecule has 0 radical (unpaired) electrons. The number of fused-ring (bicyclic) bond motifs is 1. The maximum absolute atomic E-state index is 12.2. The van der Waals surface area contributed by atoms with Crippen LogP contribution in [-0.2, 0) is 16.1 Å². The summed E-state index contributed by atoms with van der Waals surface area (Å²) in [4.78, 5) is 27.7. The molecule has 2 N–H and O–H groups in total. The first-order valence-corrected chi connectivity index (χ1v) is 8.30. The number of nitrogens with zero attached hydrogens (tertiary/aromatic N) is 2. The summed E-state index contributed by atoms with van der Waals surface area (Å²) in [6.45, 7) is 6.48. The van der Waals surface area contributed by atoms with Crippen molar-refractivity contribution in [1.29, 1.82) is 0 Å². The minimum Gasteiger partial charge on any atom is -0.481 e. The van der Waals surface area contributed by atoms with Gasteiger partial charge in [-0.1, -0.05) is 26.0 Å². The van der Waals surface area contributed by atoms with Crippen molar-refractivity contribution in [2.24, 2.45) is 5.92 Å². The molecule has 1 amide bonds. The van der Waals surface area contributed by atoms with Crippen LogP contribution in [0.15, 0.2) is 24.3 Å². The van der Waals surface area contributed by atoms with Gasteiger partial charge in [-0.15, -0.1) is 0 Å². The highest BCUT2D eigenvalue weighted by Gasteiger charge is 2.17. The first-order valence-electron chi connectivity index (χ1n) is 8.30. The number of aryl methyl sites for hydroxylation is 2. The molecule has 1 aromatic heterocycles. The molecular formula is C18H25N3O3. The monoisotopic (exact) mass is 331 g/mol. The van der Waals surface area contributed by atoms with E-state index in [9.17, 15) is 9.59 Å². The van der Waals surface area contributed by atoms with E-state index < -0.39 is 5.97 Å². The second kappa shape index (κ2) is 7.95. The molecular weight excluding hydrogens is 306 g/mol. The van der Waals surface area contributed by atoms with Crippen LogP contribution in [0.5, 0.6) is 0 Å². The van der Waals surface area contributed by atoms with Gasteiger partial charge in [-0.25, -0.2) is 4.98 Å². The smallest absolute Gasteiger partial charge is 0.305 e. The summed E-state index contributed by atoms with van der Waals surface area (Å²) < 4.78 is 2.02. The molecule has 0 unspecified atom stereocenters. The normalized spacial score (nSPS) is 12.5. The first-order chi connectivity index (χ1) is 11.4. The molecule has 0 spiro atoms. The lowest BCUT2D eigenvalue weighted by molar-refractivity contribution is -0.137. The van der Waals surface area contributed by atoms with E-state index in [-0.39, 0.29) is 18.4 Å². The average molecular weight is 331 g/mol. The van der Waals surface area contributed by atoms with Gasteiger partial charge in [0.25, 0.3) is 0 Å². The highest BCUT2D eigenvalue weighted by molar-refractivity contribution is 5.78. The van der Waals surface area contributed by atoms with Crippen LogP contribution in [0.2, 0.25) is 0 Å². The van der Waals surface area contributed by atoms with Crippen LogP contribution in [0, 0.1) is 12.8 Å². The maximum atomic E-state index is 12.2. The Morgan fingerprint density at radius 1 is 1.29 bits per heavy atom. The molecule has 0 saturated carbocycles. The highest BCUT2D eigenvalue weighted by Crippen LogP contribution is 2.16. The maximum Gasteiger partial charge on any atom is 0.305 e. The van der Waals surface area contributed by atoms with Gasteiger partial charge in [0, 0.05) is 19.0 Å². The Morgan fingerprint density at radius 2 is 2.00 bits per heavy atom. The Labute approximate surface area is 141 Å². The number of aromatic nitrogens is 2. The number of amides is 1. The number of hydrogen-bond donors (Lipinski definition) is 2. The molecule has 0 aliphatic heterocycles. The molecule has 130 valence electrons. The summed E-state index contributed by atoms with van der Waals surface area (Å²) in [6, 6.07) is 7.50. The molecule has 0 aliphatic carbocycles. The molecule has 1 heterocycles. The zero-order valence-electron chi connectivity index (χ0n) is 14.5. The fourth-order valence-corrected chi connectivity index (χ4v) is 2.96. The van der Waals surface area contributed by atoms with E-state index in [1.165, 1.54) is 0 Å². The number of imidazole rings is 1. The van der Waals surface area contributed by atoms with E-state index in [1.807, 2.05) is 49.6 Å². The minimum atomic E-state index is -0.891. The number of para-hydroxylation sites is 2. The Kier molecular flexibility index (Phi) is 5.95. The predicted octanol–water partition coefficient (Wildman–Crippen LogP) is 2.74. The zero-order chi connectivity index (χ0) is 17.7. The molecule has 2 aromatic rings. The zero-order valence-corrected chi connectivity index (χ0v) is 14.5. The topological polar surface area (TPSA) is 84.2 Å². The van der Waals surface area contributed by atoms with E-state index in [0.717, 1.165) is 16.9 Å². The fraction of sp³-hybridized carbons (Fsp3) is 0.500. The summed E-state index contributed by atoms with van der Waals surface area (Å²) in [5, 5.41) is 11.8. The number of hydrogen-bond acceptors (Lipinski definition) is 3. The van der Waals surface area contributed by atoms with Crippen molar-refractivity contribution in [3.8, 4) is 0 Å². The number of carbonyl (C=O) groups is 2. The molecule has 0 saturated heterocycles. The molecule has 6 nitrogen and oxygen atoms in total. The van der Waals surface area contributed by atoms with Gasteiger partial charge < -0.3 is 15.0 Å². The van der Waals surface area contributed by atoms with Crippen molar-refractivity contribution in [2.45, 2.75) is 52.6 Å². The number of rotatable bonds is 8.